The highest BCUT2D eigenvalue weighted by molar-refractivity contribution is 5.74. The van der Waals surface area contributed by atoms with Gasteiger partial charge in [0, 0.05) is 6.04 Å². The first-order chi connectivity index (χ1) is 14.4. The highest BCUT2D eigenvalue weighted by Crippen LogP contribution is 2.68. The summed E-state index contributed by atoms with van der Waals surface area (Å²) >= 11 is 0. The zero-order chi connectivity index (χ0) is 21.1. The van der Waals surface area contributed by atoms with Gasteiger partial charge < -0.3 is 4.74 Å². The fraction of sp³-hybridized carbons (Fsp3) is 0.962. The molecule has 7 unspecified atom stereocenters. The van der Waals surface area contributed by atoms with Gasteiger partial charge in [0.1, 0.15) is 0 Å². The van der Waals surface area contributed by atoms with Gasteiger partial charge in [0.15, 0.2) is 0 Å². The van der Waals surface area contributed by atoms with Gasteiger partial charge in [-0.05, 0) is 117 Å². The lowest BCUT2D eigenvalue weighted by Crippen LogP contribution is -2.55. The van der Waals surface area contributed by atoms with Gasteiger partial charge >= 0.3 is 5.97 Å². The minimum atomic E-state index is 0.0686. The van der Waals surface area contributed by atoms with Gasteiger partial charge in [-0.3, -0.25) is 16.1 Å². The van der Waals surface area contributed by atoms with Crippen molar-refractivity contribution in [1.82, 2.24) is 5.43 Å². The molecule has 4 nitrogen and oxygen atoms in total. The number of rotatable bonds is 4. The highest BCUT2D eigenvalue weighted by Gasteiger charge is 2.60. The molecule has 0 amide bonds. The van der Waals surface area contributed by atoms with Crippen molar-refractivity contribution in [1.29, 1.82) is 0 Å². The zero-order valence-corrected chi connectivity index (χ0v) is 19.5. The fourth-order valence-electron chi connectivity index (χ4n) is 9.75. The molecule has 5 rings (SSSR count). The second-order valence-electron chi connectivity index (χ2n) is 12.4. The third kappa shape index (κ3) is 3.18. The molecular formula is C26H44N2O2. The lowest BCUT2D eigenvalue weighted by Gasteiger charge is -2.61. The van der Waals surface area contributed by atoms with E-state index in [2.05, 4.69) is 26.2 Å². The van der Waals surface area contributed by atoms with Crippen molar-refractivity contribution in [3.63, 3.8) is 0 Å². The first kappa shape index (κ1) is 21.2. The van der Waals surface area contributed by atoms with E-state index >= 15 is 0 Å². The largest absolute Gasteiger partial charge is 0.465 e. The molecule has 1 aliphatic heterocycles. The maximum atomic E-state index is 12.1. The zero-order valence-electron chi connectivity index (χ0n) is 19.5. The molecule has 4 saturated carbocycles. The number of carbonyl (C=O) groups excluding carboxylic acids is 1. The number of nitrogens with two attached hydrogens (primary N) is 1. The average Bonchev–Trinajstić information content (AvgIpc) is 3.29. The predicted molar refractivity (Wildman–Crippen MR) is 119 cm³/mol. The van der Waals surface area contributed by atoms with Crippen molar-refractivity contribution in [3.8, 4) is 0 Å². The summed E-state index contributed by atoms with van der Waals surface area (Å²) in [6.45, 7) is 8.36. The number of hydrogen-bond acceptors (Lipinski definition) is 4. The molecule has 30 heavy (non-hydrogen) atoms. The molecule has 4 heteroatoms. The molecule has 5 aliphatic rings. The van der Waals surface area contributed by atoms with E-state index in [9.17, 15) is 4.79 Å². The van der Waals surface area contributed by atoms with Crippen LogP contribution in [0.1, 0.15) is 91.4 Å². The van der Waals surface area contributed by atoms with E-state index in [1.807, 2.05) is 0 Å². The van der Waals surface area contributed by atoms with Crippen LogP contribution in [-0.4, -0.2) is 18.6 Å². The van der Waals surface area contributed by atoms with Crippen LogP contribution in [-0.2, 0) is 9.53 Å². The number of ether oxygens (including phenoxy) is 1. The summed E-state index contributed by atoms with van der Waals surface area (Å²) in [5.41, 5.74) is 4.11. The molecule has 5 fully saturated rings. The van der Waals surface area contributed by atoms with Gasteiger partial charge in [-0.15, -0.1) is 0 Å². The molecule has 3 N–H and O–H groups in total. The highest BCUT2D eigenvalue weighted by atomic mass is 16.5. The Morgan fingerprint density at radius 3 is 2.53 bits per heavy atom. The van der Waals surface area contributed by atoms with Crippen molar-refractivity contribution in [2.24, 2.45) is 58.1 Å². The third-order valence-electron chi connectivity index (χ3n) is 11.4. The molecule has 0 aromatic heterocycles. The van der Waals surface area contributed by atoms with Gasteiger partial charge in [0.05, 0.1) is 12.5 Å². The predicted octanol–water partition coefficient (Wildman–Crippen LogP) is 5.07. The average molecular weight is 417 g/mol. The van der Waals surface area contributed by atoms with Crippen LogP contribution < -0.4 is 11.3 Å². The van der Waals surface area contributed by atoms with Crippen LogP contribution in [0.3, 0.4) is 0 Å². The van der Waals surface area contributed by atoms with Crippen LogP contribution in [0.2, 0.25) is 0 Å². The maximum absolute atomic E-state index is 12.1. The Labute approximate surface area is 183 Å². The van der Waals surface area contributed by atoms with Crippen LogP contribution >= 0.6 is 0 Å². The van der Waals surface area contributed by atoms with E-state index in [0.717, 1.165) is 42.4 Å². The molecule has 170 valence electrons. The second-order valence-corrected chi connectivity index (χ2v) is 12.4. The third-order valence-corrected chi connectivity index (χ3v) is 11.4. The number of esters is 1. The number of nitrogens with one attached hydrogen (secondary N) is 1. The van der Waals surface area contributed by atoms with Crippen molar-refractivity contribution >= 4 is 5.97 Å². The summed E-state index contributed by atoms with van der Waals surface area (Å²) in [5, 5.41) is 0. The number of carbonyl (C=O) groups is 1. The van der Waals surface area contributed by atoms with E-state index < -0.39 is 0 Å². The Morgan fingerprint density at radius 2 is 1.80 bits per heavy atom. The van der Waals surface area contributed by atoms with Gasteiger partial charge in [0.25, 0.3) is 0 Å². The van der Waals surface area contributed by atoms with Gasteiger partial charge in [-0.1, -0.05) is 20.8 Å². The summed E-state index contributed by atoms with van der Waals surface area (Å²) in [7, 11) is 0. The SMILES string of the molecule is CC(CC1CCOC1=O)[C@H]1CCC2C3CC[C@@H]4C[C@@H](NN)CCC4(C)C3CCC21C. The molecule has 0 spiro atoms. The monoisotopic (exact) mass is 416 g/mol. The molecule has 10 atom stereocenters. The number of hydrogen-bond donors (Lipinski definition) is 2. The molecule has 0 radical (unpaired) electrons. The summed E-state index contributed by atoms with van der Waals surface area (Å²) < 4.78 is 5.26. The number of fused-ring (bicyclic) bond motifs is 5. The van der Waals surface area contributed by atoms with Crippen molar-refractivity contribution in [2.45, 2.75) is 97.4 Å². The topological polar surface area (TPSA) is 64.3 Å². The molecule has 1 heterocycles. The second kappa shape index (κ2) is 7.76. The van der Waals surface area contributed by atoms with Crippen LogP contribution in [0.25, 0.3) is 0 Å². The van der Waals surface area contributed by atoms with Crippen LogP contribution in [0.15, 0.2) is 0 Å². The molecule has 0 bridgehead atoms. The summed E-state index contributed by atoms with van der Waals surface area (Å²) in [6, 6.07) is 0.535. The van der Waals surface area contributed by atoms with E-state index in [1.54, 1.807) is 0 Å². The Balaban J connectivity index is 1.31. The minimum absolute atomic E-state index is 0.0686. The Bertz CT molecular complexity index is 667. The Morgan fingerprint density at radius 1 is 1.03 bits per heavy atom. The van der Waals surface area contributed by atoms with Crippen LogP contribution in [0.5, 0.6) is 0 Å². The molecule has 0 aromatic rings. The maximum Gasteiger partial charge on any atom is 0.309 e. The van der Waals surface area contributed by atoms with E-state index in [-0.39, 0.29) is 11.9 Å². The first-order valence-corrected chi connectivity index (χ1v) is 13.0. The molecular weight excluding hydrogens is 372 g/mol. The van der Waals surface area contributed by atoms with Crippen molar-refractivity contribution in [3.05, 3.63) is 0 Å². The fourth-order valence-corrected chi connectivity index (χ4v) is 9.75. The summed E-state index contributed by atoms with van der Waals surface area (Å²) in [4.78, 5) is 12.1. The molecule has 0 aromatic carbocycles. The lowest BCUT2D eigenvalue weighted by atomic mass is 9.44. The minimum Gasteiger partial charge on any atom is -0.465 e. The van der Waals surface area contributed by atoms with Crippen molar-refractivity contribution in [2.75, 3.05) is 6.61 Å². The number of cyclic esters (lactones) is 1. The van der Waals surface area contributed by atoms with Crippen LogP contribution in [0, 0.1) is 52.3 Å². The normalized spacial score (nSPS) is 51.6. The summed E-state index contributed by atoms with van der Waals surface area (Å²) in [5.74, 6) is 11.1. The van der Waals surface area contributed by atoms with E-state index in [0.29, 0.717) is 29.4 Å². The molecule has 4 aliphatic carbocycles. The van der Waals surface area contributed by atoms with E-state index in [4.69, 9.17) is 10.6 Å². The van der Waals surface area contributed by atoms with Gasteiger partial charge in [0.2, 0.25) is 0 Å². The summed E-state index contributed by atoms with van der Waals surface area (Å²) in [6.07, 6.45) is 14.4. The van der Waals surface area contributed by atoms with Crippen LogP contribution in [0.4, 0.5) is 0 Å². The number of hydrazine groups is 1. The van der Waals surface area contributed by atoms with Gasteiger partial charge in [-0.2, -0.15) is 0 Å². The Kier molecular flexibility index (Phi) is 5.50. The standard InChI is InChI=1S/C26H44N2O2/c1-16(14-17-10-13-30-24(17)29)21-6-7-22-20-5-4-18-15-19(28-27)8-11-25(18,2)23(20)9-12-26(21,22)3/h16-23,28H,4-15,27H2,1-3H3/t16?,17?,18-,19+,20?,21-,22?,23?,25?,26?/m1/s1. The lowest BCUT2D eigenvalue weighted by molar-refractivity contribution is -0.142. The van der Waals surface area contributed by atoms with E-state index in [1.165, 1.54) is 57.8 Å². The van der Waals surface area contributed by atoms with Crippen molar-refractivity contribution < 1.29 is 9.53 Å². The molecule has 1 saturated heterocycles. The van der Waals surface area contributed by atoms with Gasteiger partial charge in [-0.25, -0.2) is 0 Å². The Hall–Kier alpha value is -0.610. The first-order valence-electron chi connectivity index (χ1n) is 13.0. The quantitative estimate of drug-likeness (QED) is 0.382. The smallest absolute Gasteiger partial charge is 0.309 e.